The number of rotatable bonds is 77. The summed E-state index contributed by atoms with van der Waals surface area (Å²) in [4.78, 5) is 66.5. The van der Waals surface area contributed by atoms with Gasteiger partial charge in [0.05, 0.1) is 13.2 Å². The Morgan fingerprint density at radius 3 is 1.10 bits per heavy atom. The Kier molecular flexibility index (Phi) is 65.2. The van der Waals surface area contributed by atoms with Crippen LogP contribution in [-0.2, 0) is 70.7 Å². The summed E-state index contributed by atoms with van der Waals surface area (Å²) in [5.41, 5.74) is 0. The van der Waals surface area contributed by atoms with Gasteiger partial charge in [-0.3, -0.25) is 28.2 Å². The minimum atomic E-state index is -5.81. The average molecular weight is 1710 g/mol. The van der Waals surface area contributed by atoms with E-state index < -0.39 is 162 Å². The number of phosphoric ester groups is 1. The Labute approximate surface area is 712 Å². The van der Waals surface area contributed by atoms with Gasteiger partial charge >= 0.3 is 31.7 Å². The molecule has 3 aliphatic rings. The molecule has 0 aromatic rings. The van der Waals surface area contributed by atoms with E-state index in [2.05, 4.69) is 46.8 Å². The highest BCUT2D eigenvalue weighted by atomic mass is 31.2. The van der Waals surface area contributed by atoms with Crippen molar-refractivity contribution in [2.75, 3.05) is 26.4 Å². The van der Waals surface area contributed by atoms with E-state index in [0.29, 0.717) is 44.4 Å². The molecule has 1 saturated carbocycles. The van der Waals surface area contributed by atoms with E-state index in [1.165, 1.54) is 193 Å². The van der Waals surface area contributed by atoms with Gasteiger partial charge < -0.3 is 88.7 Å². The number of hydrogen-bond acceptors (Lipinski definition) is 24. The van der Waals surface area contributed by atoms with Crippen molar-refractivity contribution in [3.63, 3.8) is 0 Å². The van der Waals surface area contributed by atoms with Gasteiger partial charge in [-0.25, -0.2) is 4.57 Å². The molecule has 1 aliphatic carbocycles. The van der Waals surface area contributed by atoms with Gasteiger partial charge in [0.25, 0.3) is 0 Å². The van der Waals surface area contributed by atoms with Crippen LogP contribution in [0.25, 0.3) is 0 Å². The highest BCUT2D eigenvalue weighted by Crippen LogP contribution is 2.49. The van der Waals surface area contributed by atoms with E-state index in [0.717, 1.165) is 122 Å². The molecule has 25 nitrogen and oxygen atoms in total. The van der Waals surface area contributed by atoms with Gasteiger partial charge in [0, 0.05) is 25.7 Å². The summed E-state index contributed by atoms with van der Waals surface area (Å²) in [6.07, 6.45) is 27.7. The van der Waals surface area contributed by atoms with Crippen LogP contribution in [0.15, 0.2) is 12.2 Å². The number of phosphoric acid groups is 1. The molecule has 3 rings (SSSR count). The Hall–Kier alpha value is -2.79. The normalized spacial score (nSPS) is 25.2. The first-order chi connectivity index (χ1) is 57.1. The van der Waals surface area contributed by atoms with Crippen molar-refractivity contribution in [1.82, 2.24) is 0 Å². The van der Waals surface area contributed by atoms with Crippen molar-refractivity contribution >= 4 is 31.7 Å². The molecule has 19 atom stereocenters. The predicted molar refractivity (Wildman–Crippen MR) is 458 cm³/mol. The molecule has 0 bridgehead atoms. The SMILES string of the molecule is CCCCCCCC/C=C\CCCCCC(=O)OCC1OC(OC2C(OC(=O)CCCCCCCCCCCCCCCCC)C(O)C(O)C(OC3OC(CO)C(O)C(O)C3O)C2OP(=O)(O)OCC(COC(=O)CCCCCCCCC(C)CCCCCCCC)OC(=O)CCCCCCCCCCCCCCCCC)C(O)C(O)C1O. The monoisotopic (exact) mass is 1710 g/mol. The van der Waals surface area contributed by atoms with Gasteiger partial charge in [-0.15, -0.1) is 0 Å². The maximum absolute atomic E-state index is 14.9. The third-order valence-corrected chi connectivity index (χ3v) is 24.7. The maximum atomic E-state index is 14.9. The number of allylic oxidation sites excluding steroid dienone is 2. The molecule has 0 amide bonds. The molecule has 0 aromatic heterocycles. The lowest BCUT2D eigenvalue weighted by molar-refractivity contribution is -0.360. The predicted octanol–water partition coefficient (Wildman–Crippen LogP) is 17.8. The molecule has 0 radical (unpaired) electrons. The Balaban J connectivity index is 1.92. The number of hydrogen-bond donors (Lipinski definition) is 10. The Morgan fingerprint density at radius 2 is 0.686 bits per heavy atom. The van der Waals surface area contributed by atoms with Crippen molar-refractivity contribution in [3.05, 3.63) is 12.2 Å². The smallest absolute Gasteiger partial charge is 0.463 e. The van der Waals surface area contributed by atoms with E-state index in [9.17, 15) is 74.6 Å². The minimum Gasteiger partial charge on any atom is -0.463 e. The second-order valence-electron chi connectivity index (χ2n) is 34.5. The zero-order chi connectivity index (χ0) is 86.2. The van der Waals surface area contributed by atoms with Gasteiger partial charge in [-0.1, -0.05) is 349 Å². The molecule has 26 heteroatoms. The van der Waals surface area contributed by atoms with E-state index >= 15 is 0 Å². The topological polar surface area (TPSA) is 380 Å². The van der Waals surface area contributed by atoms with Crippen molar-refractivity contribution in [2.24, 2.45) is 5.92 Å². The van der Waals surface area contributed by atoms with Crippen molar-refractivity contribution in [3.8, 4) is 0 Å². The molecule has 2 aliphatic heterocycles. The van der Waals surface area contributed by atoms with E-state index in [4.69, 9.17) is 46.9 Å². The van der Waals surface area contributed by atoms with Crippen LogP contribution in [0.3, 0.4) is 0 Å². The number of esters is 4. The van der Waals surface area contributed by atoms with E-state index in [1.54, 1.807) is 0 Å². The third-order valence-electron chi connectivity index (χ3n) is 23.7. The second kappa shape index (κ2) is 70.4. The van der Waals surface area contributed by atoms with Crippen LogP contribution in [0.5, 0.6) is 0 Å². The largest absolute Gasteiger partial charge is 0.472 e. The Morgan fingerprint density at radius 1 is 0.356 bits per heavy atom. The summed E-state index contributed by atoms with van der Waals surface area (Å²) in [7, 11) is -5.81. The van der Waals surface area contributed by atoms with Crippen molar-refractivity contribution in [1.29, 1.82) is 0 Å². The van der Waals surface area contributed by atoms with Crippen LogP contribution >= 0.6 is 7.82 Å². The highest BCUT2D eigenvalue weighted by Gasteiger charge is 2.60. The first-order valence-electron chi connectivity index (χ1n) is 47.8. The van der Waals surface area contributed by atoms with Crippen molar-refractivity contribution in [2.45, 2.75) is 518 Å². The Bertz CT molecular complexity index is 2520. The fourth-order valence-electron chi connectivity index (χ4n) is 16.0. The van der Waals surface area contributed by atoms with Gasteiger partial charge in [0.1, 0.15) is 92.6 Å². The second-order valence-corrected chi connectivity index (χ2v) is 35.9. The van der Waals surface area contributed by atoms with Crippen LogP contribution < -0.4 is 0 Å². The number of ether oxygens (including phenoxy) is 8. The lowest BCUT2D eigenvalue weighted by atomic mass is 9.84. The molecule has 3 fully saturated rings. The van der Waals surface area contributed by atoms with Crippen LogP contribution in [0.1, 0.15) is 413 Å². The molecule has 0 spiro atoms. The number of carbonyl (C=O) groups excluding carboxylic acids is 4. The first-order valence-corrected chi connectivity index (χ1v) is 49.3. The fourth-order valence-corrected chi connectivity index (χ4v) is 16.9. The molecule has 2 heterocycles. The zero-order valence-corrected chi connectivity index (χ0v) is 75.0. The number of aliphatic hydroxyl groups excluding tert-OH is 9. The summed E-state index contributed by atoms with van der Waals surface area (Å²) in [6.45, 7) is 7.94. The van der Waals surface area contributed by atoms with E-state index in [1.807, 2.05) is 0 Å². The lowest BCUT2D eigenvalue weighted by Gasteiger charge is -2.50. The average Bonchev–Trinajstić information content (AvgIpc) is 0.747. The van der Waals surface area contributed by atoms with E-state index in [-0.39, 0.29) is 25.7 Å². The number of unbranched alkanes of at least 4 members (excludes halogenated alkanes) is 47. The summed E-state index contributed by atoms with van der Waals surface area (Å²) in [5, 5.41) is 102. The fraction of sp³-hybridized carbons (Fsp3) is 0.935. The third kappa shape index (κ3) is 50.4. The molecule has 19 unspecified atom stereocenters. The van der Waals surface area contributed by atoms with Gasteiger partial charge in [0.2, 0.25) is 0 Å². The molecule has 0 aromatic carbocycles. The molecule has 694 valence electrons. The minimum absolute atomic E-state index is 0.00462. The highest BCUT2D eigenvalue weighted by molar-refractivity contribution is 7.47. The molecule has 2 saturated heterocycles. The molecule has 118 heavy (non-hydrogen) atoms. The van der Waals surface area contributed by atoms with Crippen LogP contribution in [0.2, 0.25) is 0 Å². The van der Waals surface area contributed by atoms with Gasteiger partial charge in [0.15, 0.2) is 24.8 Å². The lowest BCUT2D eigenvalue weighted by Crippen LogP contribution is -2.70. The quantitative estimate of drug-likeness (QED) is 0.00889. The molecular weight excluding hydrogens is 1540 g/mol. The summed E-state index contributed by atoms with van der Waals surface area (Å²) in [5.74, 6) is -2.28. The summed E-state index contributed by atoms with van der Waals surface area (Å²) >= 11 is 0. The number of aliphatic hydroxyl groups is 9. The van der Waals surface area contributed by atoms with Crippen LogP contribution in [0, 0.1) is 5.92 Å². The molecular formula is C92H171O25P. The number of carbonyl (C=O) groups is 4. The van der Waals surface area contributed by atoms with Crippen molar-refractivity contribution < 1.29 is 122 Å². The maximum Gasteiger partial charge on any atom is 0.472 e. The molecule has 10 N–H and O–H groups in total. The van der Waals surface area contributed by atoms with Crippen LogP contribution in [-0.4, -0.2) is 205 Å². The standard InChI is InChI=1S/C92H171O25P/c1-6-10-14-18-22-25-28-31-33-36-39-42-45-53-59-65-77(96)111-72(68-108-75(94)63-57-52-48-47-50-56-62-71(5)61-55-49-21-17-13-9-4)69-110-118(106,107)117-90-88(115-91-85(104)81(100)79(98)73(67-93)112-91)84(103)83(102)87(114-78(97)66-60-54-46-43-40-37-34-32-29-26-23-19-15-11-7-2)89(90)116-92-86(105)82(101)80(99)74(113-92)70-109-76(95)64-58-51-44-41-38-35-30-27-24-20-16-12-8-3/h35,38,71-74,79-93,98-105H,6-34,36-37,39-70H2,1-5H3,(H,106,107)/b38-35-. The van der Waals surface area contributed by atoms with Gasteiger partial charge in [-0.2, -0.15) is 0 Å². The first kappa shape index (κ1) is 109. The summed E-state index contributed by atoms with van der Waals surface area (Å²) < 4.78 is 73.5. The zero-order valence-electron chi connectivity index (χ0n) is 74.1. The van der Waals surface area contributed by atoms with Crippen LogP contribution in [0.4, 0.5) is 0 Å². The summed E-state index contributed by atoms with van der Waals surface area (Å²) in [6, 6.07) is 0. The van der Waals surface area contributed by atoms with Gasteiger partial charge in [-0.05, 0) is 57.3 Å².